The van der Waals surface area contributed by atoms with E-state index in [-0.39, 0.29) is 45.7 Å². The maximum absolute atomic E-state index is 14.6. The molecule has 210 valence electrons. The van der Waals surface area contributed by atoms with Crippen molar-refractivity contribution in [1.29, 1.82) is 5.26 Å². The standard InChI is InChI=1S/C34H46N2O3/c1-20-9-12-34(29(39)36-15-8-16-36)14-13-33(7)27(26(34)21(20)2)23(37)17-25-31(5)18-22(19-35)28(38)30(3,4)24(31)10-11-32(25,33)6/h17-18,20-21,24,26-27H,8-16H2,1-7H3/t20-,21+,24+,26+,27-,31+,32-,33-,34+/m1/s1. The van der Waals surface area contributed by atoms with Crippen LogP contribution >= 0.6 is 0 Å². The SMILES string of the molecule is C[C@@H]1[C@H]2[C@H]3C(=O)C=C4[C@@]5(C)C=C(C#N)C(=O)C(C)(C)[C@@H]5CC[C@@]4(C)[C@]3(C)CC[C@@]2(C(=O)N2CCC2)CC[C@H]1C. The van der Waals surface area contributed by atoms with Crippen molar-refractivity contribution in [3.63, 3.8) is 0 Å². The van der Waals surface area contributed by atoms with E-state index in [4.69, 9.17) is 0 Å². The van der Waals surface area contributed by atoms with Crippen LogP contribution < -0.4 is 0 Å². The highest BCUT2D eigenvalue weighted by atomic mass is 16.2. The summed E-state index contributed by atoms with van der Waals surface area (Å²) < 4.78 is 0. The topological polar surface area (TPSA) is 78.2 Å². The van der Waals surface area contributed by atoms with Crippen molar-refractivity contribution in [2.45, 2.75) is 93.4 Å². The number of hydrogen-bond donors (Lipinski definition) is 0. The molecule has 1 aliphatic heterocycles. The van der Waals surface area contributed by atoms with Gasteiger partial charge in [-0.15, -0.1) is 0 Å². The molecule has 1 heterocycles. The number of nitrogens with zero attached hydrogens (tertiary/aromatic N) is 2. The van der Waals surface area contributed by atoms with Crippen molar-refractivity contribution in [2.75, 3.05) is 13.1 Å². The minimum Gasteiger partial charge on any atom is -0.342 e. The van der Waals surface area contributed by atoms with E-state index in [9.17, 15) is 19.6 Å². The normalized spacial score (nSPS) is 48.3. The van der Waals surface area contributed by atoms with Crippen molar-refractivity contribution in [3.05, 3.63) is 23.3 Å². The van der Waals surface area contributed by atoms with Gasteiger partial charge in [0.25, 0.3) is 0 Å². The molecule has 0 N–H and O–H groups in total. The lowest BCUT2D eigenvalue weighted by atomic mass is 9.33. The average molecular weight is 531 g/mol. The van der Waals surface area contributed by atoms with E-state index in [0.717, 1.165) is 63.6 Å². The molecule has 4 fully saturated rings. The molecule has 0 aromatic heterocycles. The van der Waals surface area contributed by atoms with Gasteiger partial charge in [-0.1, -0.05) is 60.1 Å². The lowest BCUT2D eigenvalue weighted by Crippen LogP contribution is -2.68. The average Bonchev–Trinajstić information content (AvgIpc) is 2.84. The summed E-state index contributed by atoms with van der Waals surface area (Å²) in [6.45, 7) is 17.2. The van der Waals surface area contributed by atoms with Gasteiger partial charge in [0.05, 0.1) is 11.0 Å². The minimum atomic E-state index is -0.657. The van der Waals surface area contributed by atoms with Gasteiger partial charge in [0.15, 0.2) is 11.6 Å². The van der Waals surface area contributed by atoms with Crippen LogP contribution in [0.25, 0.3) is 0 Å². The van der Waals surface area contributed by atoms with Crippen LogP contribution in [0, 0.1) is 68.0 Å². The maximum atomic E-state index is 14.6. The number of hydrogen-bond acceptors (Lipinski definition) is 4. The number of allylic oxidation sites excluding steroid dienone is 4. The zero-order valence-electron chi connectivity index (χ0n) is 25.0. The molecule has 0 aromatic carbocycles. The summed E-state index contributed by atoms with van der Waals surface area (Å²) in [5.74, 6) is 1.14. The summed E-state index contributed by atoms with van der Waals surface area (Å²) >= 11 is 0. The van der Waals surface area contributed by atoms with E-state index in [1.807, 2.05) is 26.0 Å². The maximum Gasteiger partial charge on any atom is 0.229 e. The monoisotopic (exact) mass is 530 g/mol. The van der Waals surface area contributed by atoms with Crippen molar-refractivity contribution < 1.29 is 14.4 Å². The molecule has 6 rings (SSSR count). The molecule has 1 saturated heterocycles. The Morgan fingerprint density at radius 3 is 2.31 bits per heavy atom. The number of rotatable bonds is 1. The highest BCUT2D eigenvalue weighted by molar-refractivity contribution is 6.04. The quantitative estimate of drug-likeness (QED) is 0.399. The second-order valence-corrected chi connectivity index (χ2v) is 15.5. The van der Waals surface area contributed by atoms with Crippen LogP contribution in [0.2, 0.25) is 0 Å². The van der Waals surface area contributed by atoms with Gasteiger partial charge in [0.1, 0.15) is 6.07 Å². The third-order valence-corrected chi connectivity index (χ3v) is 13.8. The van der Waals surface area contributed by atoms with Crippen LogP contribution in [-0.2, 0) is 14.4 Å². The fourth-order valence-electron chi connectivity index (χ4n) is 11.1. The zero-order chi connectivity index (χ0) is 28.3. The first-order valence-corrected chi connectivity index (χ1v) is 15.4. The van der Waals surface area contributed by atoms with Gasteiger partial charge in [0.2, 0.25) is 5.91 Å². The molecular formula is C34H46N2O3. The van der Waals surface area contributed by atoms with Gasteiger partial charge in [-0.05, 0) is 85.5 Å². The third kappa shape index (κ3) is 3.10. The van der Waals surface area contributed by atoms with Crippen LogP contribution in [-0.4, -0.2) is 35.5 Å². The molecule has 0 radical (unpaired) electrons. The molecule has 9 atom stereocenters. The van der Waals surface area contributed by atoms with Gasteiger partial charge in [-0.3, -0.25) is 14.4 Å². The number of nitriles is 1. The number of Topliss-reactive ketones (excluding diaryl/α,β-unsaturated/α-hetero) is 1. The Labute approximate surface area is 234 Å². The van der Waals surface area contributed by atoms with Crippen LogP contribution in [0.3, 0.4) is 0 Å². The first-order valence-electron chi connectivity index (χ1n) is 15.4. The molecule has 5 aliphatic carbocycles. The van der Waals surface area contributed by atoms with Gasteiger partial charge in [-0.25, -0.2) is 0 Å². The Balaban J connectivity index is 1.52. The van der Waals surface area contributed by atoms with Gasteiger partial charge < -0.3 is 4.90 Å². The summed E-state index contributed by atoms with van der Waals surface area (Å²) in [6, 6.07) is 2.20. The van der Waals surface area contributed by atoms with E-state index < -0.39 is 16.2 Å². The third-order valence-electron chi connectivity index (χ3n) is 13.8. The lowest BCUT2D eigenvalue weighted by Gasteiger charge is -2.69. The molecule has 0 bridgehead atoms. The van der Waals surface area contributed by atoms with Crippen LogP contribution in [0.5, 0.6) is 0 Å². The molecule has 5 nitrogen and oxygen atoms in total. The molecular weight excluding hydrogens is 484 g/mol. The van der Waals surface area contributed by atoms with Gasteiger partial charge in [-0.2, -0.15) is 5.26 Å². The lowest BCUT2D eigenvalue weighted by molar-refractivity contribution is -0.190. The number of amides is 1. The number of carbonyl (C=O) groups is 3. The van der Waals surface area contributed by atoms with Crippen molar-refractivity contribution in [3.8, 4) is 6.07 Å². The first kappa shape index (κ1) is 27.0. The van der Waals surface area contributed by atoms with E-state index in [1.165, 1.54) is 0 Å². The molecule has 0 unspecified atom stereocenters. The Morgan fingerprint density at radius 1 is 1.00 bits per heavy atom. The summed E-state index contributed by atoms with van der Waals surface area (Å²) in [5, 5.41) is 9.92. The van der Waals surface area contributed by atoms with E-state index in [2.05, 4.69) is 45.6 Å². The predicted octanol–water partition coefficient (Wildman–Crippen LogP) is 6.29. The Kier molecular flexibility index (Phi) is 5.65. The van der Waals surface area contributed by atoms with E-state index in [1.54, 1.807) is 0 Å². The second-order valence-electron chi connectivity index (χ2n) is 15.5. The fourth-order valence-corrected chi connectivity index (χ4v) is 11.1. The van der Waals surface area contributed by atoms with Gasteiger partial charge in [0, 0.05) is 29.8 Å². The minimum absolute atomic E-state index is 0.0474. The highest BCUT2D eigenvalue weighted by Crippen LogP contribution is 2.74. The number of likely N-dealkylation sites (tertiary alicyclic amines) is 1. The summed E-state index contributed by atoms with van der Waals surface area (Å²) in [5.41, 5.74) is -0.757. The van der Waals surface area contributed by atoms with Crippen molar-refractivity contribution in [2.24, 2.45) is 56.7 Å². The van der Waals surface area contributed by atoms with E-state index >= 15 is 0 Å². The molecule has 6 aliphatic rings. The zero-order valence-corrected chi connectivity index (χ0v) is 25.0. The Morgan fingerprint density at radius 2 is 1.69 bits per heavy atom. The summed E-state index contributed by atoms with van der Waals surface area (Å²) in [7, 11) is 0. The van der Waals surface area contributed by atoms with Crippen LogP contribution in [0.15, 0.2) is 23.3 Å². The predicted molar refractivity (Wildman–Crippen MR) is 150 cm³/mol. The molecule has 39 heavy (non-hydrogen) atoms. The summed E-state index contributed by atoms with van der Waals surface area (Å²) in [4.78, 5) is 44.1. The number of carbonyl (C=O) groups excluding carboxylic acids is 3. The largest absolute Gasteiger partial charge is 0.342 e. The number of fused-ring (bicyclic) bond motifs is 7. The van der Waals surface area contributed by atoms with Gasteiger partial charge >= 0.3 is 0 Å². The van der Waals surface area contributed by atoms with Crippen molar-refractivity contribution in [1.82, 2.24) is 4.90 Å². The molecule has 3 saturated carbocycles. The smallest absolute Gasteiger partial charge is 0.229 e. The second kappa shape index (κ2) is 8.17. The molecule has 5 heteroatoms. The van der Waals surface area contributed by atoms with Crippen molar-refractivity contribution >= 4 is 17.5 Å². The first-order chi connectivity index (χ1) is 18.2. The highest BCUT2D eigenvalue weighted by Gasteiger charge is 2.71. The summed E-state index contributed by atoms with van der Waals surface area (Å²) in [6.07, 6.45) is 10.4. The Hall–Kier alpha value is -2.22. The van der Waals surface area contributed by atoms with Crippen LogP contribution in [0.1, 0.15) is 93.4 Å². The van der Waals surface area contributed by atoms with Crippen LogP contribution in [0.4, 0.5) is 0 Å². The molecule has 0 aromatic rings. The van der Waals surface area contributed by atoms with E-state index in [0.29, 0.717) is 17.7 Å². The number of ketones is 2. The molecule has 0 spiro atoms. The fraction of sp³-hybridized carbons (Fsp3) is 0.765. The molecule has 1 amide bonds. The Bertz CT molecular complexity index is 1270.